The quantitative estimate of drug-likeness (QED) is 0.839. The smallest absolute Gasteiger partial charge is 0.257 e. The van der Waals surface area contributed by atoms with Crippen LogP contribution in [0.5, 0.6) is 0 Å². The van der Waals surface area contributed by atoms with Crippen molar-refractivity contribution in [1.29, 1.82) is 5.26 Å². The minimum atomic E-state index is -0.0396. The number of hydrogen-bond acceptors (Lipinski definition) is 5. The third kappa shape index (κ3) is 3.94. The zero-order valence-corrected chi connectivity index (χ0v) is 17.1. The fourth-order valence-corrected chi connectivity index (χ4v) is 4.26. The largest absolute Gasteiger partial charge is 0.378 e. The van der Waals surface area contributed by atoms with Crippen LogP contribution in [0.4, 0.5) is 0 Å². The predicted octanol–water partition coefficient (Wildman–Crippen LogP) is 2.08. The van der Waals surface area contributed by atoms with Crippen molar-refractivity contribution in [2.24, 2.45) is 0 Å². The number of likely N-dealkylation sites (tertiary alicyclic amines) is 1. The molecular formula is C22H25N5O3. The van der Waals surface area contributed by atoms with Crippen molar-refractivity contribution >= 4 is 11.8 Å². The predicted molar refractivity (Wildman–Crippen MR) is 109 cm³/mol. The van der Waals surface area contributed by atoms with Gasteiger partial charge in [0.1, 0.15) is 0 Å². The number of rotatable bonds is 3. The van der Waals surface area contributed by atoms with E-state index in [1.807, 2.05) is 11.8 Å². The first-order valence-corrected chi connectivity index (χ1v) is 10.3. The molecule has 0 spiro atoms. The van der Waals surface area contributed by atoms with Gasteiger partial charge in [-0.2, -0.15) is 10.4 Å². The van der Waals surface area contributed by atoms with Crippen LogP contribution in [0, 0.1) is 18.3 Å². The molecule has 0 aliphatic carbocycles. The van der Waals surface area contributed by atoms with E-state index < -0.39 is 0 Å². The summed E-state index contributed by atoms with van der Waals surface area (Å²) in [4.78, 5) is 29.7. The van der Waals surface area contributed by atoms with Gasteiger partial charge < -0.3 is 14.5 Å². The molecule has 2 saturated heterocycles. The average Bonchev–Trinajstić information content (AvgIpc) is 3.28. The summed E-state index contributed by atoms with van der Waals surface area (Å²) in [6, 6.07) is 7.24. The van der Waals surface area contributed by atoms with E-state index >= 15 is 0 Å². The van der Waals surface area contributed by atoms with Gasteiger partial charge in [-0.3, -0.25) is 14.7 Å². The van der Waals surface area contributed by atoms with Crippen LogP contribution in [-0.4, -0.2) is 71.2 Å². The number of aryl methyl sites for hydroxylation is 1. The Bertz CT molecular complexity index is 987. The van der Waals surface area contributed by atoms with Gasteiger partial charge in [0.15, 0.2) is 0 Å². The number of H-pyrrole nitrogens is 1. The van der Waals surface area contributed by atoms with E-state index in [0.717, 1.165) is 24.1 Å². The second-order valence-electron chi connectivity index (χ2n) is 7.83. The zero-order valence-electron chi connectivity index (χ0n) is 17.1. The van der Waals surface area contributed by atoms with Crippen LogP contribution in [0.2, 0.25) is 0 Å². The number of amides is 2. The molecule has 2 amide bonds. The van der Waals surface area contributed by atoms with Crippen LogP contribution in [0.15, 0.2) is 24.4 Å². The van der Waals surface area contributed by atoms with Crippen LogP contribution in [0.1, 0.15) is 56.3 Å². The Balaban J connectivity index is 1.51. The van der Waals surface area contributed by atoms with Crippen molar-refractivity contribution < 1.29 is 14.3 Å². The molecule has 156 valence electrons. The summed E-state index contributed by atoms with van der Waals surface area (Å²) in [6.45, 7) is 5.32. The van der Waals surface area contributed by atoms with E-state index in [9.17, 15) is 9.59 Å². The van der Waals surface area contributed by atoms with E-state index in [1.165, 1.54) is 0 Å². The summed E-state index contributed by atoms with van der Waals surface area (Å²) in [5.74, 6) is -0.0421. The highest BCUT2D eigenvalue weighted by molar-refractivity contribution is 5.96. The molecule has 4 rings (SSSR count). The van der Waals surface area contributed by atoms with Crippen molar-refractivity contribution in [2.45, 2.75) is 25.7 Å². The van der Waals surface area contributed by atoms with Crippen molar-refractivity contribution in [3.05, 3.63) is 52.3 Å². The molecule has 1 aromatic heterocycles. The number of nitrogens with zero attached hydrogens (tertiary/aromatic N) is 4. The van der Waals surface area contributed by atoms with Crippen LogP contribution >= 0.6 is 0 Å². The number of morpholine rings is 1. The maximum absolute atomic E-state index is 13.1. The Labute approximate surface area is 175 Å². The lowest BCUT2D eigenvalue weighted by Crippen LogP contribution is -2.42. The molecule has 0 unspecified atom stereocenters. The molecule has 1 N–H and O–H groups in total. The average molecular weight is 407 g/mol. The van der Waals surface area contributed by atoms with Crippen LogP contribution in [-0.2, 0) is 4.74 Å². The number of ether oxygens (including phenoxy) is 1. The number of nitrogens with one attached hydrogen (secondary N) is 1. The van der Waals surface area contributed by atoms with Gasteiger partial charge in [-0.05, 0) is 43.5 Å². The number of carbonyl (C=O) groups is 2. The molecular weight excluding hydrogens is 382 g/mol. The van der Waals surface area contributed by atoms with Gasteiger partial charge in [-0.1, -0.05) is 0 Å². The fraction of sp³-hybridized carbons (Fsp3) is 0.455. The van der Waals surface area contributed by atoms with E-state index in [1.54, 1.807) is 29.3 Å². The normalized spacial score (nSPS) is 19.4. The molecule has 30 heavy (non-hydrogen) atoms. The molecule has 2 fully saturated rings. The summed E-state index contributed by atoms with van der Waals surface area (Å²) < 4.78 is 5.34. The summed E-state index contributed by atoms with van der Waals surface area (Å²) in [5.41, 5.74) is 3.35. The van der Waals surface area contributed by atoms with Crippen molar-refractivity contribution in [2.75, 3.05) is 39.4 Å². The fourth-order valence-electron chi connectivity index (χ4n) is 4.26. The monoisotopic (exact) mass is 407 g/mol. The van der Waals surface area contributed by atoms with Gasteiger partial charge in [0.25, 0.3) is 11.8 Å². The Morgan fingerprint density at radius 3 is 2.67 bits per heavy atom. The van der Waals surface area contributed by atoms with Crippen molar-refractivity contribution in [3.8, 4) is 6.07 Å². The number of nitriles is 1. The molecule has 0 saturated carbocycles. The van der Waals surface area contributed by atoms with Gasteiger partial charge in [0, 0.05) is 37.7 Å². The zero-order chi connectivity index (χ0) is 21.1. The molecule has 2 aromatic rings. The number of aromatic nitrogens is 2. The summed E-state index contributed by atoms with van der Waals surface area (Å²) in [6.07, 6.45) is 3.34. The van der Waals surface area contributed by atoms with Gasteiger partial charge in [0.2, 0.25) is 0 Å². The molecule has 2 aliphatic rings. The maximum Gasteiger partial charge on any atom is 0.257 e. The highest BCUT2D eigenvalue weighted by Crippen LogP contribution is 2.29. The first-order valence-electron chi connectivity index (χ1n) is 10.3. The van der Waals surface area contributed by atoms with Crippen LogP contribution < -0.4 is 0 Å². The number of hydrogen-bond donors (Lipinski definition) is 1. The highest BCUT2D eigenvalue weighted by Gasteiger charge is 2.31. The SMILES string of the molecule is Cc1cc(C#N)ccc1C(=O)N1CCC[C@H](c2[nH]ncc2C(=O)N2CCOCC2)C1. The van der Waals surface area contributed by atoms with Gasteiger partial charge >= 0.3 is 0 Å². The molecule has 0 bridgehead atoms. The first-order chi connectivity index (χ1) is 14.6. The summed E-state index contributed by atoms with van der Waals surface area (Å²) >= 11 is 0. The lowest BCUT2D eigenvalue weighted by atomic mass is 9.91. The molecule has 2 aliphatic heterocycles. The van der Waals surface area contributed by atoms with E-state index in [-0.39, 0.29) is 17.7 Å². The molecule has 3 heterocycles. The van der Waals surface area contributed by atoms with Crippen LogP contribution in [0.3, 0.4) is 0 Å². The number of aromatic amines is 1. The lowest BCUT2D eigenvalue weighted by molar-refractivity contribution is 0.0301. The van der Waals surface area contributed by atoms with Gasteiger partial charge in [0.05, 0.1) is 42.3 Å². The Morgan fingerprint density at radius 1 is 1.17 bits per heavy atom. The Morgan fingerprint density at radius 2 is 1.93 bits per heavy atom. The molecule has 1 atom stereocenters. The highest BCUT2D eigenvalue weighted by atomic mass is 16.5. The summed E-state index contributed by atoms with van der Waals surface area (Å²) in [5, 5.41) is 16.2. The van der Waals surface area contributed by atoms with E-state index in [2.05, 4.69) is 16.3 Å². The molecule has 8 heteroatoms. The van der Waals surface area contributed by atoms with Crippen molar-refractivity contribution in [3.63, 3.8) is 0 Å². The molecule has 8 nitrogen and oxygen atoms in total. The minimum Gasteiger partial charge on any atom is -0.378 e. The maximum atomic E-state index is 13.1. The third-order valence-electron chi connectivity index (χ3n) is 5.90. The van der Waals surface area contributed by atoms with Gasteiger partial charge in [-0.15, -0.1) is 0 Å². The first kappa shape index (κ1) is 20.1. The Kier molecular flexibility index (Phi) is 5.81. The minimum absolute atomic E-state index is 0.0314. The Hall–Kier alpha value is -3.18. The second-order valence-corrected chi connectivity index (χ2v) is 7.83. The van der Waals surface area contributed by atoms with Crippen LogP contribution in [0.25, 0.3) is 0 Å². The second kappa shape index (κ2) is 8.67. The standard InChI is InChI=1S/C22H25N5O3/c1-15-11-16(12-23)4-5-18(15)21(28)27-6-2-3-17(14-27)20-19(13-24-25-20)22(29)26-7-9-30-10-8-26/h4-5,11,13,17H,2-3,6-10,14H2,1H3,(H,24,25)/t17-/m0/s1. The van der Waals surface area contributed by atoms with Crippen molar-refractivity contribution in [1.82, 2.24) is 20.0 Å². The molecule has 0 radical (unpaired) electrons. The number of piperidine rings is 1. The van der Waals surface area contributed by atoms with E-state index in [4.69, 9.17) is 10.00 Å². The van der Waals surface area contributed by atoms with Gasteiger partial charge in [-0.25, -0.2) is 0 Å². The number of benzene rings is 1. The summed E-state index contributed by atoms with van der Waals surface area (Å²) in [7, 11) is 0. The lowest BCUT2D eigenvalue weighted by Gasteiger charge is -2.33. The number of carbonyl (C=O) groups excluding carboxylic acids is 2. The third-order valence-corrected chi connectivity index (χ3v) is 5.90. The molecule has 1 aromatic carbocycles. The topological polar surface area (TPSA) is 102 Å². The van der Waals surface area contributed by atoms with E-state index in [0.29, 0.717) is 56.1 Å².